The van der Waals surface area contributed by atoms with Crippen molar-refractivity contribution in [2.45, 2.75) is 33.1 Å². The van der Waals surface area contributed by atoms with Gasteiger partial charge in [0.15, 0.2) is 6.61 Å². The molecular weight excluding hydrogens is 388 g/mol. The van der Waals surface area contributed by atoms with Crippen LogP contribution in [0.25, 0.3) is 0 Å². The van der Waals surface area contributed by atoms with Crippen LogP contribution in [0, 0.1) is 6.92 Å². The monoisotopic (exact) mass is 416 g/mol. The van der Waals surface area contributed by atoms with Gasteiger partial charge in [-0.3, -0.25) is 9.59 Å². The molecule has 0 aromatic heterocycles. The molecule has 3 rings (SSSR count). The second-order valence-corrected chi connectivity index (χ2v) is 8.51. The molecule has 2 amide bonds. The fourth-order valence-corrected chi connectivity index (χ4v) is 2.94. The number of amides is 2. The maximum Gasteiger partial charge on any atom is 0.262 e. The van der Waals surface area contributed by atoms with Crippen molar-refractivity contribution in [2.24, 2.45) is 0 Å². The van der Waals surface area contributed by atoms with Gasteiger partial charge in [-0.15, -0.1) is 0 Å². The van der Waals surface area contributed by atoms with Crippen molar-refractivity contribution < 1.29 is 14.3 Å². The molecule has 0 aliphatic rings. The fraction of sp³-hybridized carbons (Fsp3) is 0.231. The molecule has 31 heavy (non-hydrogen) atoms. The van der Waals surface area contributed by atoms with Crippen LogP contribution in [0.3, 0.4) is 0 Å². The Morgan fingerprint density at radius 3 is 1.87 bits per heavy atom. The van der Waals surface area contributed by atoms with Crippen LogP contribution < -0.4 is 15.4 Å². The van der Waals surface area contributed by atoms with Gasteiger partial charge in [0.05, 0.1) is 0 Å². The van der Waals surface area contributed by atoms with Crippen molar-refractivity contribution in [3.05, 3.63) is 89.5 Å². The molecule has 0 unspecified atom stereocenters. The number of ether oxygens (including phenoxy) is 1. The number of hydrogen-bond donors (Lipinski definition) is 2. The second kappa shape index (κ2) is 9.47. The Hall–Kier alpha value is -3.60. The standard InChI is InChI=1S/C26H28N2O3/c1-18-5-15-23(16-6-18)31-17-24(29)27-21-11-13-22(14-12-21)28-25(30)19-7-9-20(10-8-19)26(2,3)4/h5-16H,17H2,1-4H3,(H,27,29)(H,28,30). The molecule has 0 atom stereocenters. The molecule has 0 aliphatic heterocycles. The lowest BCUT2D eigenvalue weighted by molar-refractivity contribution is -0.118. The van der Waals surface area contributed by atoms with E-state index in [1.165, 1.54) is 5.56 Å². The molecule has 0 saturated heterocycles. The highest BCUT2D eigenvalue weighted by atomic mass is 16.5. The molecule has 5 nitrogen and oxygen atoms in total. The number of nitrogens with one attached hydrogen (secondary N) is 2. The molecule has 160 valence electrons. The van der Waals surface area contributed by atoms with Gasteiger partial charge in [0.2, 0.25) is 0 Å². The van der Waals surface area contributed by atoms with Crippen LogP contribution in [0.2, 0.25) is 0 Å². The van der Waals surface area contributed by atoms with Gasteiger partial charge in [-0.25, -0.2) is 0 Å². The number of carbonyl (C=O) groups excluding carboxylic acids is 2. The molecule has 5 heteroatoms. The summed E-state index contributed by atoms with van der Waals surface area (Å²) in [7, 11) is 0. The predicted octanol–water partition coefficient (Wildman–Crippen LogP) is 5.56. The van der Waals surface area contributed by atoms with Crippen molar-refractivity contribution in [1.82, 2.24) is 0 Å². The number of aryl methyl sites for hydroxylation is 1. The minimum Gasteiger partial charge on any atom is -0.484 e. The highest BCUT2D eigenvalue weighted by Crippen LogP contribution is 2.22. The average molecular weight is 417 g/mol. The van der Waals surface area contributed by atoms with E-state index in [1.807, 2.05) is 55.5 Å². The summed E-state index contributed by atoms with van der Waals surface area (Å²) in [5.41, 5.74) is 4.23. The fourth-order valence-electron chi connectivity index (χ4n) is 2.94. The molecule has 2 N–H and O–H groups in total. The summed E-state index contributed by atoms with van der Waals surface area (Å²) in [5, 5.41) is 5.65. The summed E-state index contributed by atoms with van der Waals surface area (Å²) in [6, 6.07) is 22.1. The van der Waals surface area contributed by atoms with Gasteiger partial charge >= 0.3 is 0 Å². The van der Waals surface area contributed by atoms with Crippen LogP contribution in [0.4, 0.5) is 11.4 Å². The highest BCUT2D eigenvalue weighted by Gasteiger charge is 2.14. The van der Waals surface area contributed by atoms with E-state index in [4.69, 9.17) is 4.74 Å². The van der Waals surface area contributed by atoms with Crippen LogP contribution in [0.15, 0.2) is 72.8 Å². The van der Waals surface area contributed by atoms with Crippen molar-refractivity contribution in [2.75, 3.05) is 17.2 Å². The van der Waals surface area contributed by atoms with E-state index < -0.39 is 0 Å². The molecular formula is C26H28N2O3. The van der Waals surface area contributed by atoms with E-state index in [1.54, 1.807) is 24.3 Å². The van der Waals surface area contributed by atoms with Crippen LogP contribution in [0.5, 0.6) is 5.75 Å². The number of anilines is 2. The molecule has 3 aromatic carbocycles. The Balaban J connectivity index is 1.51. The zero-order chi connectivity index (χ0) is 22.4. The number of hydrogen-bond acceptors (Lipinski definition) is 3. The maximum atomic E-state index is 12.5. The lowest BCUT2D eigenvalue weighted by Crippen LogP contribution is -2.20. The molecule has 0 heterocycles. The molecule has 0 bridgehead atoms. The van der Waals surface area contributed by atoms with Gasteiger partial charge in [0.1, 0.15) is 5.75 Å². The van der Waals surface area contributed by atoms with Crippen molar-refractivity contribution in [3.8, 4) is 5.75 Å². The first kappa shape index (κ1) is 22.1. The van der Waals surface area contributed by atoms with Crippen molar-refractivity contribution in [1.29, 1.82) is 0 Å². The third kappa shape index (κ3) is 6.44. The average Bonchev–Trinajstić information content (AvgIpc) is 2.74. The molecule has 3 aromatic rings. The molecule has 0 fully saturated rings. The summed E-state index contributed by atoms with van der Waals surface area (Å²) in [4.78, 5) is 24.6. The molecule has 0 saturated carbocycles. The first-order valence-corrected chi connectivity index (χ1v) is 10.2. The number of benzene rings is 3. The summed E-state index contributed by atoms with van der Waals surface area (Å²) < 4.78 is 5.48. The number of carbonyl (C=O) groups is 2. The van der Waals surface area contributed by atoms with E-state index >= 15 is 0 Å². The Bertz CT molecular complexity index is 1030. The van der Waals surface area contributed by atoms with Crippen molar-refractivity contribution >= 4 is 23.2 Å². The SMILES string of the molecule is Cc1ccc(OCC(=O)Nc2ccc(NC(=O)c3ccc(C(C)(C)C)cc3)cc2)cc1. The minimum absolute atomic E-state index is 0.0421. The van der Waals surface area contributed by atoms with Gasteiger partial charge < -0.3 is 15.4 Å². The second-order valence-electron chi connectivity index (χ2n) is 8.51. The Labute approximate surface area is 183 Å². The smallest absolute Gasteiger partial charge is 0.262 e. The predicted molar refractivity (Wildman–Crippen MR) is 125 cm³/mol. The highest BCUT2D eigenvalue weighted by molar-refractivity contribution is 6.04. The zero-order valence-corrected chi connectivity index (χ0v) is 18.4. The van der Waals surface area contributed by atoms with Crippen LogP contribution >= 0.6 is 0 Å². The van der Waals surface area contributed by atoms with E-state index in [2.05, 4.69) is 31.4 Å². The molecule has 0 spiro atoms. The topological polar surface area (TPSA) is 67.4 Å². The molecule has 0 radical (unpaired) electrons. The summed E-state index contributed by atoms with van der Waals surface area (Å²) in [6.07, 6.45) is 0. The van der Waals surface area contributed by atoms with Crippen molar-refractivity contribution in [3.63, 3.8) is 0 Å². The Morgan fingerprint density at radius 1 is 0.774 bits per heavy atom. The van der Waals surface area contributed by atoms with Crippen LogP contribution in [0.1, 0.15) is 42.3 Å². The van der Waals surface area contributed by atoms with Gasteiger partial charge in [-0.1, -0.05) is 50.6 Å². The first-order valence-electron chi connectivity index (χ1n) is 10.2. The van der Waals surface area contributed by atoms with E-state index in [0.717, 1.165) is 5.56 Å². The van der Waals surface area contributed by atoms with Crippen LogP contribution in [-0.4, -0.2) is 18.4 Å². The van der Waals surface area contributed by atoms with E-state index in [0.29, 0.717) is 22.7 Å². The van der Waals surface area contributed by atoms with Crippen LogP contribution in [-0.2, 0) is 10.2 Å². The maximum absolute atomic E-state index is 12.5. The Kier molecular flexibility index (Phi) is 6.75. The number of rotatable bonds is 6. The summed E-state index contributed by atoms with van der Waals surface area (Å²) in [5.74, 6) is 0.217. The van der Waals surface area contributed by atoms with Gasteiger partial charge in [0, 0.05) is 16.9 Å². The lowest BCUT2D eigenvalue weighted by atomic mass is 9.87. The third-order valence-electron chi connectivity index (χ3n) is 4.83. The zero-order valence-electron chi connectivity index (χ0n) is 18.4. The van der Waals surface area contributed by atoms with E-state index in [-0.39, 0.29) is 23.8 Å². The van der Waals surface area contributed by atoms with E-state index in [9.17, 15) is 9.59 Å². The minimum atomic E-state index is -0.253. The third-order valence-corrected chi connectivity index (χ3v) is 4.83. The Morgan fingerprint density at radius 2 is 1.32 bits per heavy atom. The van der Waals surface area contributed by atoms with Gasteiger partial charge in [0.25, 0.3) is 11.8 Å². The van der Waals surface area contributed by atoms with Gasteiger partial charge in [-0.2, -0.15) is 0 Å². The normalized spacial score (nSPS) is 11.0. The summed E-state index contributed by atoms with van der Waals surface area (Å²) in [6.45, 7) is 8.32. The molecule has 0 aliphatic carbocycles. The quantitative estimate of drug-likeness (QED) is 0.553. The lowest BCUT2D eigenvalue weighted by Gasteiger charge is -2.19. The summed E-state index contributed by atoms with van der Waals surface area (Å²) >= 11 is 0. The first-order chi connectivity index (χ1) is 14.7. The van der Waals surface area contributed by atoms with Gasteiger partial charge in [-0.05, 0) is 66.4 Å². The largest absolute Gasteiger partial charge is 0.484 e.